The molecule has 9 heteroatoms. The molecular formula is C21H21ClN2O4S2. The fourth-order valence-electron chi connectivity index (χ4n) is 3.53. The first kappa shape index (κ1) is 21.1. The molecule has 2 heterocycles. The smallest absolute Gasteiger partial charge is 0.260 e. The molecule has 1 aromatic heterocycles. The van der Waals surface area contributed by atoms with Crippen molar-refractivity contribution in [2.24, 2.45) is 0 Å². The Morgan fingerprint density at radius 2 is 1.83 bits per heavy atom. The number of nitrogens with one attached hydrogen (secondary N) is 1. The molecule has 158 valence electrons. The Morgan fingerprint density at radius 1 is 1.10 bits per heavy atom. The van der Waals surface area contributed by atoms with Crippen LogP contribution in [0.4, 0.5) is 0 Å². The largest absolute Gasteiger partial charge is 0.483 e. The number of likely N-dealkylation sites (tertiary alicyclic amines) is 1. The Kier molecular flexibility index (Phi) is 6.29. The summed E-state index contributed by atoms with van der Waals surface area (Å²) in [6, 6.07) is 14.3. The van der Waals surface area contributed by atoms with Crippen molar-refractivity contribution in [3.05, 3.63) is 58.9 Å². The van der Waals surface area contributed by atoms with Gasteiger partial charge >= 0.3 is 0 Å². The Labute approximate surface area is 184 Å². The summed E-state index contributed by atoms with van der Waals surface area (Å²) in [5.41, 5.74) is 0. The highest BCUT2D eigenvalue weighted by Gasteiger charge is 2.27. The van der Waals surface area contributed by atoms with E-state index in [-0.39, 0.29) is 18.6 Å². The second kappa shape index (κ2) is 8.93. The normalized spacial score (nSPS) is 15.4. The Balaban J connectivity index is 1.32. The summed E-state index contributed by atoms with van der Waals surface area (Å²) in [7, 11) is -3.50. The average Bonchev–Trinajstić information content (AvgIpc) is 3.30. The number of carbonyl (C=O) groups excluding carboxylic acids is 1. The number of sulfonamides is 1. The van der Waals surface area contributed by atoms with Gasteiger partial charge in [0.15, 0.2) is 6.61 Å². The maximum absolute atomic E-state index is 12.6. The molecule has 1 N–H and O–H groups in total. The zero-order valence-corrected chi connectivity index (χ0v) is 18.5. The molecule has 0 bridgehead atoms. The fourth-order valence-corrected chi connectivity index (χ4v) is 6.07. The molecule has 0 atom stereocenters. The Morgan fingerprint density at radius 3 is 2.53 bits per heavy atom. The van der Waals surface area contributed by atoms with Crippen LogP contribution in [0.5, 0.6) is 5.75 Å². The Bertz CT molecular complexity index is 1140. The van der Waals surface area contributed by atoms with E-state index in [9.17, 15) is 13.2 Å². The van der Waals surface area contributed by atoms with Crippen molar-refractivity contribution in [2.75, 3.05) is 19.7 Å². The van der Waals surface area contributed by atoms with Gasteiger partial charge in [-0.3, -0.25) is 4.79 Å². The van der Waals surface area contributed by atoms with Crippen LogP contribution in [-0.4, -0.2) is 45.0 Å². The lowest BCUT2D eigenvalue weighted by Gasteiger charge is -2.32. The van der Waals surface area contributed by atoms with Gasteiger partial charge in [0.1, 0.15) is 9.96 Å². The van der Waals surface area contributed by atoms with E-state index in [1.165, 1.54) is 11.3 Å². The van der Waals surface area contributed by atoms with Crippen LogP contribution in [-0.2, 0) is 14.8 Å². The summed E-state index contributed by atoms with van der Waals surface area (Å²) in [6.07, 6.45) is 1.14. The summed E-state index contributed by atoms with van der Waals surface area (Å²) >= 11 is 7.42. The second-order valence-corrected chi connectivity index (χ2v) is 10.4. The topological polar surface area (TPSA) is 75.7 Å². The van der Waals surface area contributed by atoms with Gasteiger partial charge in [-0.15, -0.1) is 11.3 Å². The number of hydrogen-bond acceptors (Lipinski definition) is 5. The van der Waals surface area contributed by atoms with Crippen molar-refractivity contribution in [2.45, 2.75) is 23.1 Å². The first-order valence-electron chi connectivity index (χ1n) is 9.58. The second-order valence-electron chi connectivity index (χ2n) is 7.09. The maximum Gasteiger partial charge on any atom is 0.260 e. The van der Waals surface area contributed by atoms with Gasteiger partial charge in [0, 0.05) is 34.9 Å². The van der Waals surface area contributed by atoms with Gasteiger partial charge in [0.05, 0.1) is 0 Å². The predicted octanol–water partition coefficient (Wildman–Crippen LogP) is 3.90. The summed E-state index contributed by atoms with van der Waals surface area (Å²) in [6.45, 7) is 0.902. The van der Waals surface area contributed by atoms with E-state index in [4.69, 9.17) is 16.3 Å². The minimum Gasteiger partial charge on any atom is -0.483 e. The van der Waals surface area contributed by atoms with Crippen LogP contribution < -0.4 is 9.46 Å². The van der Waals surface area contributed by atoms with E-state index in [1.807, 2.05) is 24.3 Å². The van der Waals surface area contributed by atoms with Crippen LogP contribution in [0.25, 0.3) is 10.8 Å². The molecule has 2 aromatic carbocycles. The highest BCUT2D eigenvalue weighted by Crippen LogP contribution is 2.31. The number of ether oxygens (including phenoxy) is 1. The van der Waals surface area contributed by atoms with E-state index in [2.05, 4.69) is 4.72 Å². The third-order valence-electron chi connectivity index (χ3n) is 5.11. The van der Waals surface area contributed by atoms with Gasteiger partial charge < -0.3 is 9.64 Å². The molecule has 1 aliphatic rings. The Hall–Kier alpha value is -2.13. The number of carbonyl (C=O) groups is 1. The van der Waals surface area contributed by atoms with Gasteiger partial charge in [-0.2, -0.15) is 0 Å². The number of halogens is 1. The van der Waals surface area contributed by atoms with Gasteiger partial charge in [0.25, 0.3) is 5.91 Å². The molecule has 0 radical (unpaired) electrons. The molecule has 0 aliphatic carbocycles. The van der Waals surface area contributed by atoms with Gasteiger partial charge in [-0.25, -0.2) is 13.1 Å². The van der Waals surface area contributed by atoms with E-state index in [1.54, 1.807) is 34.5 Å². The molecule has 0 unspecified atom stereocenters. The van der Waals surface area contributed by atoms with Crippen LogP contribution in [0.1, 0.15) is 12.8 Å². The number of nitrogens with zero attached hydrogens (tertiary/aromatic N) is 1. The number of thiophene rings is 1. The van der Waals surface area contributed by atoms with Gasteiger partial charge in [0.2, 0.25) is 10.0 Å². The van der Waals surface area contributed by atoms with Gasteiger partial charge in [-0.05, 0) is 36.4 Å². The first-order chi connectivity index (χ1) is 14.4. The molecule has 1 fully saturated rings. The molecule has 0 saturated carbocycles. The number of benzene rings is 2. The number of piperidine rings is 1. The summed E-state index contributed by atoms with van der Waals surface area (Å²) in [4.78, 5) is 14.3. The number of rotatable bonds is 6. The lowest BCUT2D eigenvalue weighted by atomic mass is 10.1. The van der Waals surface area contributed by atoms with Crippen molar-refractivity contribution in [3.8, 4) is 5.75 Å². The maximum atomic E-state index is 12.6. The molecular weight excluding hydrogens is 444 g/mol. The number of fused-ring (bicyclic) bond motifs is 1. The molecule has 1 aliphatic heterocycles. The van der Waals surface area contributed by atoms with Gasteiger partial charge in [-0.1, -0.05) is 41.9 Å². The van der Waals surface area contributed by atoms with Crippen molar-refractivity contribution >= 4 is 49.6 Å². The van der Waals surface area contributed by atoms with E-state index >= 15 is 0 Å². The molecule has 1 saturated heterocycles. The van der Waals surface area contributed by atoms with E-state index < -0.39 is 10.0 Å². The van der Waals surface area contributed by atoms with Crippen LogP contribution in [0.15, 0.2) is 58.1 Å². The van der Waals surface area contributed by atoms with E-state index in [0.29, 0.717) is 40.9 Å². The SMILES string of the molecule is O=C(COc1ccc(Cl)c2ccccc12)N1CCC(NS(=O)(=O)c2cccs2)CC1. The summed E-state index contributed by atoms with van der Waals surface area (Å²) in [5.74, 6) is 0.496. The van der Waals surface area contributed by atoms with Crippen LogP contribution in [0.3, 0.4) is 0 Å². The van der Waals surface area contributed by atoms with Crippen LogP contribution in [0.2, 0.25) is 5.02 Å². The minimum atomic E-state index is -3.50. The highest BCUT2D eigenvalue weighted by atomic mass is 35.5. The molecule has 0 spiro atoms. The molecule has 1 amide bonds. The third kappa shape index (κ3) is 4.62. The van der Waals surface area contributed by atoms with Crippen LogP contribution in [0, 0.1) is 0 Å². The van der Waals surface area contributed by atoms with Crippen LogP contribution >= 0.6 is 22.9 Å². The number of amides is 1. The molecule has 6 nitrogen and oxygen atoms in total. The zero-order chi connectivity index (χ0) is 21.1. The van der Waals surface area contributed by atoms with Crippen molar-refractivity contribution in [1.29, 1.82) is 0 Å². The van der Waals surface area contributed by atoms with Crippen molar-refractivity contribution in [3.63, 3.8) is 0 Å². The van der Waals surface area contributed by atoms with Crippen molar-refractivity contribution in [1.82, 2.24) is 9.62 Å². The quantitative estimate of drug-likeness (QED) is 0.600. The summed E-state index contributed by atoms with van der Waals surface area (Å²) in [5, 5.41) is 4.11. The minimum absolute atomic E-state index is 0.0722. The molecule has 3 aromatic rings. The zero-order valence-electron chi connectivity index (χ0n) is 16.1. The standard InChI is InChI=1S/C21H21ClN2O4S2/c22-18-7-8-19(17-5-2-1-4-16(17)18)28-14-20(25)24-11-9-15(10-12-24)23-30(26,27)21-6-3-13-29-21/h1-8,13,15,23H,9-12,14H2. The predicted molar refractivity (Wildman–Crippen MR) is 119 cm³/mol. The fraction of sp³-hybridized carbons (Fsp3) is 0.286. The number of hydrogen-bond donors (Lipinski definition) is 1. The van der Waals surface area contributed by atoms with E-state index in [0.717, 1.165) is 10.8 Å². The third-order valence-corrected chi connectivity index (χ3v) is 8.36. The monoisotopic (exact) mass is 464 g/mol. The first-order valence-corrected chi connectivity index (χ1v) is 12.3. The lowest BCUT2D eigenvalue weighted by molar-refractivity contribution is -0.134. The van der Waals surface area contributed by atoms with Crippen molar-refractivity contribution < 1.29 is 17.9 Å². The highest BCUT2D eigenvalue weighted by molar-refractivity contribution is 7.91. The average molecular weight is 465 g/mol. The summed E-state index contributed by atoms with van der Waals surface area (Å²) < 4.78 is 33.6. The lowest BCUT2D eigenvalue weighted by Crippen LogP contribution is -2.47. The molecule has 30 heavy (non-hydrogen) atoms. The molecule has 4 rings (SSSR count).